The molecule has 0 amide bonds. The van der Waals surface area contributed by atoms with E-state index in [2.05, 4.69) is 6.58 Å². The van der Waals surface area contributed by atoms with Gasteiger partial charge in [-0.15, -0.1) is 6.58 Å². The molecule has 0 N–H and O–H groups in total. The summed E-state index contributed by atoms with van der Waals surface area (Å²) < 4.78 is 38.2. The molecular weight excluding hydrogens is 362 g/mol. The lowest BCUT2D eigenvalue weighted by Crippen LogP contribution is -2.37. The lowest BCUT2D eigenvalue weighted by atomic mass is 10.2. The lowest BCUT2D eigenvalue weighted by Gasteiger charge is -2.26. The van der Waals surface area contributed by atoms with Gasteiger partial charge in [0.2, 0.25) is 10.0 Å². The van der Waals surface area contributed by atoms with Gasteiger partial charge < -0.3 is 9.47 Å². The number of hydrogen-bond acceptors (Lipinski definition) is 4. The van der Waals surface area contributed by atoms with E-state index in [1.165, 1.54) is 10.4 Å². The summed E-state index contributed by atoms with van der Waals surface area (Å²) in [6.07, 6.45) is 1.98. The molecule has 0 radical (unpaired) electrons. The minimum Gasteiger partial charge on any atom is -0.497 e. The second kappa shape index (κ2) is 9.58. The molecule has 146 valence electrons. The molecule has 1 unspecified atom stereocenters. The average Bonchev–Trinajstić information content (AvgIpc) is 2.69. The molecule has 5 nitrogen and oxygen atoms in total. The summed E-state index contributed by atoms with van der Waals surface area (Å²) in [6, 6.07) is 14.8. The molecule has 0 aliphatic heterocycles. The summed E-state index contributed by atoms with van der Waals surface area (Å²) in [5.74, 6) is 1.47. The molecule has 27 heavy (non-hydrogen) atoms. The van der Waals surface area contributed by atoms with Crippen molar-refractivity contribution in [2.24, 2.45) is 0 Å². The third kappa shape index (κ3) is 5.34. The summed E-state index contributed by atoms with van der Waals surface area (Å²) in [5.41, 5.74) is 1.79. The van der Waals surface area contributed by atoms with Gasteiger partial charge in [-0.05, 0) is 41.8 Å². The first-order chi connectivity index (χ1) is 12.9. The fraction of sp³-hybridized carbons (Fsp3) is 0.333. The van der Waals surface area contributed by atoms with E-state index >= 15 is 0 Å². The number of benzene rings is 2. The highest BCUT2D eigenvalue weighted by molar-refractivity contribution is 7.89. The van der Waals surface area contributed by atoms with E-state index in [0.29, 0.717) is 6.42 Å². The molecule has 2 rings (SSSR count). The molecular formula is C21H27NO4S. The largest absolute Gasteiger partial charge is 0.497 e. The smallest absolute Gasteiger partial charge is 0.221 e. The van der Waals surface area contributed by atoms with Gasteiger partial charge in [-0.1, -0.05) is 37.3 Å². The SMILES string of the molecule is C=CC(CC)S(=O)(=O)N(Cc1ccc(OC)cc1)Cc1ccc(OC)cc1. The molecule has 0 saturated heterocycles. The Morgan fingerprint density at radius 1 is 0.926 bits per heavy atom. The number of nitrogens with zero attached hydrogens (tertiary/aromatic N) is 1. The normalized spacial score (nSPS) is 12.6. The Morgan fingerprint density at radius 2 is 1.33 bits per heavy atom. The van der Waals surface area contributed by atoms with Gasteiger partial charge in [0.25, 0.3) is 0 Å². The Morgan fingerprint density at radius 3 is 1.63 bits per heavy atom. The lowest BCUT2D eigenvalue weighted by molar-refractivity contribution is 0.393. The second-order valence-corrected chi connectivity index (χ2v) is 8.34. The van der Waals surface area contributed by atoms with Crippen LogP contribution in [-0.2, 0) is 23.1 Å². The van der Waals surface area contributed by atoms with Gasteiger partial charge in [0, 0.05) is 13.1 Å². The van der Waals surface area contributed by atoms with Crippen LogP contribution in [0, 0.1) is 0 Å². The number of rotatable bonds is 10. The highest BCUT2D eigenvalue weighted by atomic mass is 32.2. The van der Waals surface area contributed by atoms with E-state index < -0.39 is 15.3 Å². The Labute approximate surface area is 162 Å². The van der Waals surface area contributed by atoms with Crippen molar-refractivity contribution in [3.63, 3.8) is 0 Å². The predicted octanol–water partition coefficient (Wildman–Crippen LogP) is 4.00. The van der Waals surface area contributed by atoms with Crippen molar-refractivity contribution in [1.29, 1.82) is 0 Å². The summed E-state index contributed by atoms with van der Waals surface area (Å²) >= 11 is 0. The number of methoxy groups -OCH3 is 2. The monoisotopic (exact) mass is 389 g/mol. The van der Waals surface area contributed by atoms with E-state index in [4.69, 9.17) is 9.47 Å². The average molecular weight is 390 g/mol. The third-order valence-electron chi connectivity index (χ3n) is 4.44. The molecule has 0 aromatic heterocycles. The Balaban J connectivity index is 2.32. The zero-order valence-corrected chi connectivity index (χ0v) is 16.9. The number of sulfonamides is 1. The van der Waals surface area contributed by atoms with Crippen LogP contribution in [0.1, 0.15) is 24.5 Å². The molecule has 0 aliphatic carbocycles. The van der Waals surface area contributed by atoms with Crippen molar-refractivity contribution in [3.05, 3.63) is 72.3 Å². The van der Waals surface area contributed by atoms with Gasteiger partial charge in [-0.3, -0.25) is 0 Å². The van der Waals surface area contributed by atoms with Gasteiger partial charge in [0.05, 0.1) is 19.5 Å². The van der Waals surface area contributed by atoms with Crippen molar-refractivity contribution < 1.29 is 17.9 Å². The van der Waals surface area contributed by atoms with Crippen LogP contribution >= 0.6 is 0 Å². The summed E-state index contributed by atoms with van der Waals surface area (Å²) in [5, 5.41) is -0.617. The fourth-order valence-electron chi connectivity index (χ4n) is 2.80. The van der Waals surface area contributed by atoms with Gasteiger partial charge in [-0.2, -0.15) is 4.31 Å². The van der Waals surface area contributed by atoms with E-state index in [0.717, 1.165) is 22.6 Å². The van der Waals surface area contributed by atoms with Gasteiger partial charge >= 0.3 is 0 Å². The Kier molecular flexibility index (Phi) is 7.45. The zero-order chi connectivity index (χ0) is 19.9. The van der Waals surface area contributed by atoms with Crippen molar-refractivity contribution in [3.8, 4) is 11.5 Å². The van der Waals surface area contributed by atoms with Crippen molar-refractivity contribution in [1.82, 2.24) is 4.31 Å². The van der Waals surface area contributed by atoms with E-state index in [1.54, 1.807) is 14.2 Å². The first-order valence-electron chi connectivity index (χ1n) is 8.82. The molecule has 2 aromatic rings. The number of ether oxygens (including phenoxy) is 2. The van der Waals surface area contributed by atoms with Gasteiger partial charge in [-0.25, -0.2) is 8.42 Å². The van der Waals surface area contributed by atoms with Gasteiger partial charge in [0.1, 0.15) is 11.5 Å². The van der Waals surface area contributed by atoms with Crippen LogP contribution < -0.4 is 9.47 Å². The van der Waals surface area contributed by atoms with Crippen LogP contribution in [0.5, 0.6) is 11.5 Å². The molecule has 6 heteroatoms. The van der Waals surface area contributed by atoms with Crippen molar-refractivity contribution in [2.45, 2.75) is 31.7 Å². The quantitative estimate of drug-likeness (QED) is 0.576. The first-order valence-corrected chi connectivity index (χ1v) is 10.3. The maximum atomic E-state index is 13.2. The summed E-state index contributed by atoms with van der Waals surface area (Å²) in [7, 11) is -0.333. The molecule has 2 aromatic carbocycles. The molecule has 0 saturated carbocycles. The molecule has 0 spiro atoms. The zero-order valence-electron chi connectivity index (χ0n) is 16.1. The number of hydrogen-bond donors (Lipinski definition) is 0. The van der Waals surface area contributed by atoms with Gasteiger partial charge in [0.15, 0.2) is 0 Å². The van der Waals surface area contributed by atoms with Crippen molar-refractivity contribution >= 4 is 10.0 Å². The molecule has 0 fully saturated rings. The second-order valence-electron chi connectivity index (χ2n) is 6.19. The van der Waals surface area contributed by atoms with E-state index in [9.17, 15) is 8.42 Å². The van der Waals surface area contributed by atoms with Crippen LogP contribution in [0.25, 0.3) is 0 Å². The Bertz CT molecular complexity index is 780. The molecule has 0 heterocycles. The van der Waals surface area contributed by atoms with Crippen LogP contribution in [0.2, 0.25) is 0 Å². The van der Waals surface area contributed by atoms with Crippen LogP contribution in [-0.4, -0.2) is 32.2 Å². The molecule has 1 atom stereocenters. The first kappa shape index (κ1) is 21.0. The minimum atomic E-state index is -3.54. The highest BCUT2D eigenvalue weighted by Gasteiger charge is 2.29. The van der Waals surface area contributed by atoms with Crippen LogP contribution in [0.3, 0.4) is 0 Å². The molecule has 0 bridgehead atoms. The van der Waals surface area contributed by atoms with Crippen LogP contribution in [0.4, 0.5) is 0 Å². The highest BCUT2D eigenvalue weighted by Crippen LogP contribution is 2.22. The maximum Gasteiger partial charge on any atom is 0.221 e. The topological polar surface area (TPSA) is 55.8 Å². The minimum absolute atomic E-state index is 0.280. The van der Waals surface area contributed by atoms with E-state index in [-0.39, 0.29) is 13.1 Å². The van der Waals surface area contributed by atoms with Crippen LogP contribution in [0.15, 0.2) is 61.2 Å². The Hall–Kier alpha value is -2.31. The maximum absolute atomic E-state index is 13.2. The predicted molar refractivity (Wildman–Crippen MR) is 108 cm³/mol. The molecule has 0 aliphatic rings. The van der Waals surface area contributed by atoms with Crippen molar-refractivity contribution in [2.75, 3.05) is 14.2 Å². The summed E-state index contributed by atoms with van der Waals surface area (Å²) in [4.78, 5) is 0. The summed E-state index contributed by atoms with van der Waals surface area (Å²) in [6.45, 7) is 6.11. The third-order valence-corrected chi connectivity index (χ3v) is 6.71. The standard InChI is InChI=1S/C21H27NO4S/c1-5-21(6-2)27(23,24)22(15-17-7-11-19(25-3)12-8-17)16-18-9-13-20(26-4)14-10-18/h5,7-14,21H,1,6,15-16H2,2-4H3. The van der Waals surface area contributed by atoms with E-state index in [1.807, 2.05) is 55.5 Å². The fourth-order valence-corrected chi connectivity index (χ4v) is 4.50.